The number of nitrogens with zero attached hydrogens (tertiary/aromatic N) is 2. The Morgan fingerprint density at radius 2 is 2.17 bits per heavy atom. The lowest BCUT2D eigenvalue weighted by Gasteiger charge is -2.35. The number of methoxy groups -OCH3 is 1. The van der Waals surface area contributed by atoms with E-state index in [0.717, 1.165) is 6.07 Å². The summed E-state index contributed by atoms with van der Waals surface area (Å²) < 4.78 is 58.6. The minimum atomic E-state index is -4.32. The Bertz CT molecular complexity index is 804. The van der Waals surface area contributed by atoms with Gasteiger partial charge < -0.3 is 9.84 Å². The average molecular weight is 360 g/mol. The second-order valence-electron chi connectivity index (χ2n) is 5.26. The number of sulfonamides is 1. The van der Waals surface area contributed by atoms with Crippen LogP contribution in [0.15, 0.2) is 23.1 Å². The second kappa shape index (κ2) is 6.33. The number of benzene rings is 1. The van der Waals surface area contributed by atoms with Crippen LogP contribution in [-0.4, -0.2) is 49.9 Å². The van der Waals surface area contributed by atoms with Gasteiger partial charge in [0.25, 0.3) is 5.92 Å². The molecule has 1 aromatic carbocycles. The highest BCUT2D eigenvalue weighted by Gasteiger charge is 2.51. The van der Waals surface area contributed by atoms with Crippen molar-refractivity contribution in [3.8, 4) is 11.8 Å². The summed E-state index contributed by atoms with van der Waals surface area (Å²) in [7, 11) is -3.13. The van der Waals surface area contributed by atoms with Crippen LogP contribution in [0.4, 0.5) is 8.78 Å². The molecular formula is C14H14F2N2O5S. The largest absolute Gasteiger partial charge is 0.495 e. The van der Waals surface area contributed by atoms with Crippen molar-refractivity contribution in [1.82, 2.24) is 4.31 Å². The first kappa shape index (κ1) is 18.1. The number of hydrogen-bond donors (Lipinski definition) is 1. The molecule has 10 heteroatoms. The molecule has 0 saturated carbocycles. The van der Waals surface area contributed by atoms with Crippen molar-refractivity contribution in [1.29, 1.82) is 5.26 Å². The van der Waals surface area contributed by atoms with Gasteiger partial charge in [0.05, 0.1) is 25.3 Å². The van der Waals surface area contributed by atoms with Gasteiger partial charge in [-0.1, -0.05) is 0 Å². The number of piperidine rings is 1. The molecule has 1 unspecified atom stereocenters. The minimum absolute atomic E-state index is 0.141. The molecule has 1 aromatic rings. The third-order valence-corrected chi connectivity index (χ3v) is 5.66. The van der Waals surface area contributed by atoms with Crippen molar-refractivity contribution in [3.05, 3.63) is 23.8 Å². The standard InChI is InChI=1S/C14H14F2N2O5S/c1-23-11-6-9(7-17)2-3-12(11)24(21,22)18-5-4-10(13(19)20)14(15,16)8-18/h2-3,6,10H,4-5,8H2,1H3,(H,19,20). The van der Waals surface area contributed by atoms with Gasteiger partial charge in [0.2, 0.25) is 10.0 Å². The summed E-state index contributed by atoms with van der Waals surface area (Å²) in [5.41, 5.74) is 0.153. The lowest BCUT2D eigenvalue weighted by Crippen LogP contribution is -2.52. The van der Waals surface area contributed by atoms with Crippen LogP contribution in [0.2, 0.25) is 0 Å². The zero-order valence-electron chi connectivity index (χ0n) is 12.6. The van der Waals surface area contributed by atoms with E-state index in [1.165, 1.54) is 19.2 Å². The Morgan fingerprint density at radius 1 is 1.50 bits per heavy atom. The number of ether oxygens (including phenoxy) is 1. The highest BCUT2D eigenvalue weighted by Crippen LogP contribution is 2.37. The first-order chi connectivity index (χ1) is 11.1. The van der Waals surface area contributed by atoms with Gasteiger partial charge in [0.1, 0.15) is 16.6 Å². The molecule has 1 saturated heterocycles. The van der Waals surface area contributed by atoms with Crippen LogP contribution in [0.5, 0.6) is 5.75 Å². The molecule has 7 nitrogen and oxygen atoms in total. The van der Waals surface area contributed by atoms with Crippen molar-refractivity contribution >= 4 is 16.0 Å². The van der Waals surface area contributed by atoms with Crippen molar-refractivity contribution in [2.24, 2.45) is 5.92 Å². The van der Waals surface area contributed by atoms with Crippen LogP contribution in [-0.2, 0) is 14.8 Å². The fraction of sp³-hybridized carbons (Fsp3) is 0.429. The van der Waals surface area contributed by atoms with Crippen molar-refractivity contribution in [2.45, 2.75) is 17.2 Å². The molecule has 24 heavy (non-hydrogen) atoms. The molecule has 1 aliphatic heterocycles. The maximum atomic E-state index is 14.0. The van der Waals surface area contributed by atoms with Crippen LogP contribution in [0, 0.1) is 17.2 Å². The van der Waals surface area contributed by atoms with E-state index in [4.69, 9.17) is 15.1 Å². The molecule has 0 amide bonds. The molecule has 1 heterocycles. The Balaban J connectivity index is 2.39. The summed E-state index contributed by atoms with van der Waals surface area (Å²) >= 11 is 0. The lowest BCUT2D eigenvalue weighted by molar-refractivity contribution is -0.163. The zero-order valence-corrected chi connectivity index (χ0v) is 13.4. The monoisotopic (exact) mass is 360 g/mol. The van der Waals surface area contributed by atoms with E-state index in [-0.39, 0.29) is 22.8 Å². The minimum Gasteiger partial charge on any atom is -0.495 e. The SMILES string of the molecule is COc1cc(C#N)ccc1S(=O)(=O)N1CCC(C(=O)O)C(F)(F)C1. The number of alkyl halides is 2. The maximum Gasteiger partial charge on any atom is 0.312 e. The third kappa shape index (κ3) is 3.18. The molecule has 130 valence electrons. The van der Waals surface area contributed by atoms with Crippen LogP contribution in [0.25, 0.3) is 0 Å². The van der Waals surface area contributed by atoms with Crippen LogP contribution in [0.3, 0.4) is 0 Å². The fourth-order valence-electron chi connectivity index (χ4n) is 2.51. The summed E-state index contributed by atoms with van der Waals surface area (Å²) in [6.07, 6.45) is -0.500. The Kier molecular flexibility index (Phi) is 4.77. The van der Waals surface area contributed by atoms with E-state index >= 15 is 0 Å². The predicted molar refractivity (Wildman–Crippen MR) is 77.2 cm³/mol. The summed E-state index contributed by atoms with van der Waals surface area (Å²) in [5, 5.41) is 17.7. The topological polar surface area (TPSA) is 108 Å². The first-order valence-corrected chi connectivity index (χ1v) is 8.26. The molecule has 2 rings (SSSR count). The van der Waals surface area contributed by atoms with Gasteiger partial charge in [0, 0.05) is 6.54 Å². The molecule has 0 radical (unpaired) electrons. The summed E-state index contributed by atoms with van der Waals surface area (Å²) in [4.78, 5) is 10.5. The van der Waals surface area contributed by atoms with E-state index in [9.17, 15) is 22.0 Å². The van der Waals surface area contributed by atoms with Gasteiger partial charge in [-0.25, -0.2) is 17.2 Å². The van der Waals surface area contributed by atoms with E-state index in [2.05, 4.69) is 0 Å². The molecule has 1 fully saturated rings. The van der Waals surface area contributed by atoms with Gasteiger partial charge in [-0.3, -0.25) is 4.79 Å². The van der Waals surface area contributed by atoms with Gasteiger partial charge in [-0.15, -0.1) is 0 Å². The smallest absolute Gasteiger partial charge is 0.312 e. The Morgan fingerprint density at radius 3 is 2.67 bits per heavy atom. The summed E-state index contributed by atoms with van der Waals surface area (Å²) in [6, 6.07) is 5.35. The molecule has 0 bridgehead atoms. The van der Waals surface area contributed by atoms with E-state index in [1.807, 2.05) is 6.07 Å². The zero-order chi connectivity index (χ0) is 18.1. The van der Waals surface area contributed by atoms with Crippen molar-refractivity contribution in [3.63, 3.8) is 0 Å². The quantitative estimate of drug-likeness (QED) is 0.867. The maximum absolute atomic E-state index is 14.0. The number of aliphatic carboxylic acids is 1. The number of carboxylic acids is 1. The number of carbonyl (C=O) groups is 1. The fourth-order valence-corrected chi connectivity index (χ4v) is 4.11. The molecule has 0 aliphatic carbocycles. The van der Waals surface area contributed by atoms with Crippen LogP contribution < -0.4 is 4.74 Å². The lowest BCUT2D eigenvalue weighted by atomic mass is 9.94. The Labute approximate surface area is 137 Å². The first-order valence-electron chi connectivity index (χ1n) is 6.82. The van der Waals surface area contributed by atoms with E-state index < -0.39 is 40.8 Å². The highest BCUT2D eigenvalue weighted by atomic mass is 32.2. The Hall–Kier alpha value is -2.25. The summed E-state index contributed by atoms with van der Waals surface area (Å²) in [6.45, 7) is -1.58. The average Bonchev–Trinajstić information content (AvgIpc) is 2.52. The van der Waals surface area contributed by atoms with Crippen LogP contribution >= 0.6 is 0 Å². The number of nitriles is 1. The van der Waals surface area contributed by atoms with Gasteiger partial charge >= 0.3 is 5.97 Å². The molecule has 1 atom stereocenters. The number of halogens is 2. The number of rotatable bonds is 4. The second-order valence-corrected chi connectivity index (χ2v) is 7.16. The molecule has 0 spiro atoms. The number of hydrogen-bond acceptors (Lipinski definition) is 5. The van der Waals surface area contributed by atoms with Crippen LogP contribution in [0.1, 0.15) is 12.0 Å². The normalized spacial score (nSPS) is 21.0. The van der Waals surface area contributed by atoms with Crippen molar-refractivity contribution in [2.75, 3.05) is 20.2 Å². The van der Waals surface area contributed by atoms with Gasteiger partial charge in [-0.05, 0) is 24.6 Å². The molecular weight excluding hydrogens is 346 g/mol. The number of carboxylic acid groups (broad SMARTS) is 1. The molecule has 0 aromatic heterocycles. The van der Waals surface area contributed by atoms with E-state index in [0.29, 0.717) is 4.31 Å². The highest BCUT2D eigenvalue weighted by molar-refractivity contribution is 7.89. The van der Waals surface area contributed by atoms with Crippen molar-refractivity contribution < 1.29 is 31.8 Å². The third-order valence-electron chi connectivity index (χ3n) is 3.77. The van der Waals surface area contributed by atoms with E-state index in [1.54, 1.807) is 0 Å². The molecule has 1 aliphatic rings. The molecule has 1 N–H and O–H groups in total. The van der Waals surface area contributed by atoms with Gasteiger partial charge in [-0.2, -0.15) is 9.57 Å². The predicted octanol–water partition coefficient (Wildman–Crippen LogP) is 1.30. The summed E-state index contributed by atoms with van der Waals surface area (Å²) in [5.74, 6) is -7.41. The van der Waals surface area contributed by atoms with Gasteiger partial charge in [0.15, 0.2) is 0 Å².